The van der Waals surface area contributed by atoms with Crippen LogP contribution in [-0.2, 0) is 14.2 Å². The van der Waals surface area contributed by atoms with E-state index in [9.17, 15) is 4.79 Å². The van der Waals surface area contributed by atoms with Crippen LogP contribution in [-0.4, -0.2) is 42.1 Å². The number of carbonyl (C=O) groups excluding carboxylic acids is 1. The number of ether oxygens (including phenoxy) is 3. The molecule has 1 atom stereocenters. The van der Waals surface area contributed by atoms with Gasteiger partial charge in [-0.3, -0.25) is 0 Å². The van der Waals surface area contributed by atoms with E-state index >= 15 is 0 Å². The summed E-state index contributed by atoms with van der Waals surface area (Å²) in [5, 5.41) is 2.39. The molecular formula is C26H33NO4. The Morgan fingerprint density at radius 2 is 1.58 bits per heavy atom. The Labute approximate surface area is 184 Å². The summed E-state index contributed by atoms with van der Waals surface area (Å²) in [4.78, 5) is 15.0. The average molecular weight is 424 g/mol. The lowest BCUT2D eigenvalue weighted by molar-refractivity contribution is -0.320. The van der Waals surface area contributed by atoms with E-state index in [1.165, 1.54) is 16.3 Å². The fourth-order valence-electron chi connectivity index (χ4n) is 5.31. The van der Waals surface area contributed by atoms with E-state index in [0.717, 1.165) is 45.3 Å². The number of carbonyl (C=O) groups is 1. The number of nitrogens with zero attached hydrogens (tertiary/aromatic N) is 1. The van der Waals surface area contributed by atoms with Crippen LogP contribution in [0.3, 0.4) is 0 Å². The summed E-state index contributed by atoms with van der Waals surface area (Å²) in [6.45, 7) is 8.58. The van der Waals surface area contributed by atoms with E-state index in [-0.39, 0.29) is 23.2 Å². The van der Waals surface area contributed by atoms with Crippen molar-refractivity contribution >= 4 is 16.9 Å². The molecule has 5 rings (SSSR count). The second-order valence-electron chi connectivity index (χ2n) is 10.4. The van der Waals surface area contributed by atoms with Gasteiger partial charge in [-0.05, 0) is 36.1 Å². The zero-order chi connectivity index (χ0) is 21.7. The van der Waals surface area contributed by atoms with E-state index in [4.69, 9.17) is 14.2 Å². The smallest absolute Gasteiger partial charge is 0.410 e. The van der Waals surface area contributed by atoms with Gasteiger partial charge in [-0.25, -0.2) is 4.79 Å². The Kier molecular flexibility index (Phi) is 5.02. The molecular weight excluding hydrogens is 390 g/mol. The first kappa shape index (κ1) is 20.8. The minimum Gasteiger partial charge on any atom is -0.443 e. The number of amides is 1. The number of hydrogen-bond donors (Lipinski definition) is 0. The molecule has 0 aromatic heterocycles. The van der Waals surface area contributed by atoms with E-state index < -0.39 is 5.79 Å². The first-order chi connectivity index (χ1) is 14.8. The average Bonchev–Trinajstić information content (AvgIpc) is 2.77. The standard InChI is InChI=1S/C26H33NO4/c1-19(21-10-6-8-20-7-4-5-9-22(20)21)27-16-15-25(31-23(27)28)11-13-26(14-12-25)29-17-24(2,3)18-30-26/h4-10,19H,11-18H2,1-3H3. The molecule has 2 spiro atoms. The lowest BCUT2D eigenvalue weighted by Gasteiger charge is -2.51. The van der Waals surface area contributed by atoms with Gasteiger partial charge in [0.05, 0.1) is 19.3 Å². The monoisotopic (exact) mass is 423 g/mol. The molecule has 5 heteroatoms. The van der Waals surface area contributed by atoms with Gasteiger partial charge < -0.3 is 19.1 Å². The predicted octanol–water partition coefficient (Wildman–Crippen LogP) is 5.83. The summed E-state index contributed by atoms with van der Waals surface area (Å²) < 4.78 is 18.5. The number of fused-ring (bicyclic) bond motifs is 1. The highest BCUT2D eigenvalue weighted by Crippen LogP contribution is 2.47. The first-order valence-electron chi connectivity index (χ1n) is 11.6. The normalized spacial score (nSPS) is 25.5. The maximum Gasteiger partial charge on any atom is 0.410 e. The molecule has 5 nitrogen and oxygen atoms in total. The van der Waals surface area contributed by atoms with Gasteiger partial charge in [0.25, 0.3) is 0 Å². The van der Waals surface area contributed by atoms with Crippen molar-refractivity contribution in [2.45, 2.75) is 70.3 Å². The highest BCUT2D eigenvalue weighted by atomic mass is 16.7. The SMILES string of the molecule is CC(c1cccc2ccccc12)N1CCC2(CCC3(CC2)OCC(C)(C)CO3)OC1=O. The molecule has 1 unspecified atom stereocenters. The topological polar surface area (TPSA) is 48.0 Å². The molecule has 2 heterocycles. The van der Waals surface area contributed by atoms with E-state index in [0.29, 0.717) is 6.54 Å². The predicted molar refractivity (Wildman–Crippen MR) is 120 cm³/mol. The van der Waals surface area contributed by atoms with E-state index in [2.05, 4.69) is 57.2 Å². The largest absolute Gasteiger partial charge is 0.443 e. The highest BCUT2D eigenvalue weighted by molar-refractivity contribution is 5.86. The molecule has 2 aromatic rings. The lowest BCUT2D eigenvalue weighted by atomic mass is 9.77. The van der Waals surface area contributed by atoms with E-state index in [1.807, 2.05) is 11.0 Å². The molecule has 166 valence electrons. The molecule has 2 saturated heterocycles. The summed E-state index contributed by atoms with van der Waals surface area (Å²) in [6, 6.07) is 14.6. The zero-order valence-corrected chi connectivity index (χ0v) is 18.9. The summed E-state index contributed by atoms with van der Waals surface area (Å²) in [5.41, 5.74) is 0.854. The fourth-order valence-corrected chi connectivity index (χ4v) is 5.31. The summed E-state index contributed by atoms with van der Waals surface area (Å²) in [5.74, 6) is -0.486. The van der Waals surface area contributed by atoms with Gasteiger partial charge in [0.1, 0.15) is 5.60 Å². The van der Waals surface area contributed by atoms with Gasteiger partial charge in [0, 0.05) is 31.2 Å². The minimum absolute atomic E-state index is 0.0295. The van der Waals surface area contributed by atoms with Crippen molar-refractivity contribution in [2.75, 3.05) is 19.8 Å². The van der Waals surface area contributed by atoms with Crippen molar-refractivity contribution in [1.82, 2.24) is 4.90 Å². The van der Waals surface area contributed by atoms with Crippen LogP contribution in [0.2, 0.25) is 0 Å². The third-order valence-corrected chi connectivity index (χ3v) is 7.46. The van der Waals surface area contributed by atoms with Gasteiger partial charge in [-0.1, -0.05) is 56.3 Å². The van der Waals surface area contributed by atoms with Crippen molar-refractivity contribution in [1.29, 1.82) is 0 Å². The van der Waals surface area contributed by atoms with Crippen molar-refractivity contribution in [3.8, 4) is 0 Å². The maximum atomic E-state index is 13.1. The number of hydrogen-bond acceptors (Lipinski definition) is 4. The molecule has 31 heavy (non-hydrogen) atoms. The van der Waals surface area contributed by atoms with Gasteiger partial charge in [0.2, 0.25) is 0 Å². The Balaban J connectivity index is 1.26. The molecule has 0 N–H and O–H groups in total. The molecule has 0 bridgehead atoms. The van der Waals surface area contributed by atoms with Crippen LogP contribution >= 0.6 is 0 Å². The lowest BCUT2D eigenvalue weighted by Crippen LogP contribution is -2.56. The number of benzene rings is 2. The molecule has 3 fully saturated rings. The van der Waals surface area contributed by atoms with Crippen LogP contribution in [0.4, 0.5) is 4.79 Å². The second kappa shape index (κ2) is 7.49. The molecule has 2 aromatic carbocycles. The first-order valence-corrected chi connectivity index (χ1v) is 11.6. The fraction of sp³-hybridized carbons (Fsp3) is 0.577. The van der Waals surface area contributed by atoms with Crippen LogP contribution in [0.1, 0.15) is 64.5 Å². The molecule has 0 radical (unpaired) electrons. The van der Waals surface area contributed by atoms with Crippen molar-refractivity contribution < 1.29 is 19.0 Å². The van der Waals surface area contributed by atoms with E-state index in [1.54, 1.807) is 0 Å². The quantitative estimate of drug-likeness (QED) is 0.610. The zero-order valence-electron chi connectivity index (χ0n) is 18.9. The van der Waals surface area contributed by atoms with Crippen LogP contribution in [0.15, 0.2) is 42.5 Å². The summed E-state index contributed by atoms with van der Waals surface area (Å²) in [7, 11) is 0. The van der Waals surface area contributed by atoms with Crippen LogP contribution in [0, 0.1) is 5.41 Å². The Hall–Kier alpha value is -2.11. The Morgan fingerprint density at radius 3 is 2.29 bits per heavy atom. The Bertz CT molecular complexity index is 959. The van der Waals surface area contributed by atoms with Crippen molar-refractivity contribution in [2.24, 2.45) is 5.41 Å². The van der Waals surface area contributed by atoms with Crippen LogP contribution in [0.25, 0.3) is 10.8 Å². The molecule has 2 aliphatic heterocycles. The van der Waals surface area contributed by atoms with Crippen LogP contribution in [0.5, 0.6) is 0 Å². The summed E-state index contributed by atoms with van der Waals surface area (Å²) >= 11 is 0. The highest BCUT2D eigenvalue weighted by Gasteiger charge is 2.51. The van der Waals surface area contributed by atoms with Gasteiger partial charge >= 0.3 is 6.09 Å². The maximum absolute atomic E-state index is 13.1. The van der Waals surface area contributed by atoms with Gasteiger partial charge in [0.15, 0.2) is 5.79 Å². The minimum atomic E-state index is -0.486. The van der Waals surface area contributed by atoms with Crippen LogP contribution < -0.4 is 0 Å². The molecule has 3 aliphatic rings. The van der Waals surface area contributed by atoms with Gasteiger partial charge in [-0.15, -0.1) is 0 Å². The number of rotatable bonds is 2. The Morgan fingerprint density at radius 1 is 0.903 bits per heavy atom. The third kappa shape index (κ3) is 3.83. The summed E-state index contributed by atoms with van der Waals surface area (Å²) in [6.07, 6.45) is 3.83. The van der Waals surface area contributed by atoms with Crippen molar-refractivity contribution in [3.05, 3.63) is 48.0 Å². The van der Waals surface area contributed by atoms with Gasteiger partial charge in [-0.2, -0.15) is 0 Å². The van der Waals surface area contributed by atoms with Crippen molar-refractivity contribution in [3.63, 3.8) is 0 Å². The molecule has 1 saturated carbocycles. The molecule has 1 amide bonds. The molecule has 1 aliphatic carbocycles. The second-order valence-corrected chi connectivity index (χ2v) is 10.4. The third-order valence-electron chi connectivity index (χ3n) is 7.46.